The van der Waals surface area contributed by atoms with Gasteiger partial charge in [-0.05, 0) is 24.9 Å². The molecular formula is C11H18N2O2. The second-order valence-electron chi connectivity index (χ2n) is 3.55. The maximum atomic E-state index is 5.60. The molecular weight excluding hydrogens is 192 g/mol. The van der Waals surface area contributed by atoms with Crippen molar-refractivity contribution in [3.05, 3.63) is 17.8 Å². The first-order valence-electron chi connectivity index (χ1n) is 4.98. The van der Waals surface area contributed by atoms with Crippen molar-refractivity contribution in [2.45, 2.75) is 13.3 Å². The van der Waals surface area contributed by atoms with Crippen LogP contribution in [-0.2, 0) is 6.42 Å². The third kappa shape index (κ3) is 2.83. The number of methoxy groups -OCH3 is 2. The van der Waals surface area contributed by atoms with E-state index in [1.165, 1.54) is 0 Å². The lowest BCUT2D eigenvalue weighted by Crippen LogP contribution is -2.14. The molecule has 0 aliphatic rings. The van der Waals surface area contributed by atoms with Crippen molar-refractivity contribution in [1.82, 2.24) is 4.98 Å². The van der Waals surface area contributed by atoms with Gasteiger partial charge in [0.2, 0.25) is 5.88 Å². The van der Waals surface area contributed by atoms with Crippen LogP contribution < -0.4 is 15.2 Å². The summed E-state index contributed by atoms with van der Waals surface area (Å²) in [6.07, 6.45) is 2.49. The molecule has 4 heteroatoms. The molecule has 0 aromatic carbocycles. The minimum Gasteiger partial charge on any atom is -0.496 e. The van der Waals surface area contributed by atoms with Gasteiger partial charge in [-0.1, -0.05) is 6.92 Å². The molecule has 1 aromatic rings. The summed E-state index contributed by atoms with van der Waals surface area (Å²) in [5.41, 5.74) is 6.59. The van der Waals surface area contributed by atoms with Crippen molar-refractivity contribution >= 4 is 0 Å². The van der Waals surface area contributed by atoms with Gasteiger partial charge in [-0.15, -0.1) is 0 Å². The van der Waals surface area contributed by atoms with Crippen LogP contribution in [0.25, 0.3) is 0 Å². The van der Waals surface area contributed by atoms with Crippen LogP contribution in [0.2, 0.25) is 0 Å². The van der Waals surface area contributed by atoms with Crippen molar-refractivity contribution in [3.8, 4) is 11.6 Å². The van der Waals surface area contributed by atoms with Gasteiger partial charge in [0.1, 0.15) is 5.75 Å². The Morgan fingerprint density at radius 3 is 2.67 bits per heavy atom. The zero-order chi connectivity index (χ0) is 11.3. The van der Waals surface area contributed by atoms with Crippen LogP contribution in [0.3, 0.4) is 0 Å². The van der Waals surface area contributed by atoms with Crippen LogP contribution in [0.4, 0.5) is 0 Å². The van der Waals surface area contributed by atoms with Crippen LogP contribution >= 0.6 is 0 Å². The molecule has 0 saturated heterocycles. The smallest absolute Gasteiger partial charge is 0.220 e. The van der Waals surface area contributed by atoms with Gasteiger partial charge in [0.05, 0.1) is 19.8 Å². The van der Waals surface area contributed by atoms with E-state index in [1.54, 1.807) is 20.4 Å². The molecule has 0 aliphatic heterocycles. The third-order valence-corrected chi connectivity index (χ3v) is 2.34. The van der Waals surface area contributed by atoms with Crippen molar-refractivity contribution < 1.29 is 9.47 Å². The van der Waals surface area contributed by atoms with Crippen molar-refractivity contribution in [2.24, 2.45) is 11.7 Å². The highest BCUT2D eigenvalue weighted by molar-refractivity contribution is 5.40. The van der Waals surface area contributed by atoms with E-state index in [2.05, 4.69) is 11.9 Å². The molecule has 0 amide bonds. The van der Waals surface area contributed by atoms with Gasteiger partial charge in [0, 0.05) is 6.20 Å². The van der Waals surface area contributed by atoms with E-state index in [4.69, 9.17) is 15.2 Å². The summed E-state index contributed by atoms with van der Waals surface area (Å²) in [7, 11) is 3.25. The van der Waals surface area contributed by atoms with E-state index in [0.717, 1.165) is 17.7 Å². The summed E-state index contributed by atoms with van der Waals surface area (Å²) >= 11 is 0. The van der Waals surface area contributed by atoms with Crippen molar-refractivity contribution in [2.75, 3.05) is 20.8 Å². The Bertz CT molecular complexity index is 293. The Kier molecular flexibility index (Phi) is 4.37. The monoisotopic (exact) mass is 210 g/mol. The number of hydrogen-bond acceptors (Lipinski definition) is 4. The van der Waals surface area contributed by atoms with Crippen LogP contribution in [-0.4, -0.2) is 25.7 Å². The fourth-order valence-corrected chi connectivity index (χ4v) is 1.44. The van der Waals surface area contributed by atoms with Crippen LogP contribution in [0.15, 0.2) is 12.3 Å². The molecule has 0 spiro atoms. The Labute approximate surface area is 90.4 Å². The zero-order valence-electron chi connectivity index (χ0n) is 9.49. The molecule has 0 saturated carbocycles. The molecule has 1 rings (SSSR count). The molecule has 1 heterocycles. The summed E-state index contributed by atoms with van der Waals surface area (Å²) in [4.78, 5) is 4.15. The van der Waals surface area contributed by atoms with E-state index in [9.17, 15) is 0 Å². The first-order valence-corrected chi connectivity index (χ1v) is 4.98. The van der Waals surface area contributed by atoms with Gasteiger partial charge in [-0.25, -0.2) is 4.98 Å². The fourth-order valence-electron chi connectivity index (χ4n) is 1.44. The highest BCUT2D eigenvalue weighted by atomic mass is 16.5. The van der Waals surface area contributed by atoms with Crippen LogP contribution in [0.1, 0.15) is 12.5 Å². The van der Waals surface area contributed by atoms with Gasteiger partial charge in [0.15, 0.2) is 0 Å². The summed E-state index contributed by atoms with van der Waals surface area (Å²) in [5.74, 6) is 1.81. The van der Waals surface area contributed by atoms with Crippen molar-refractivity contribution in [1.29, 1.82) is 0 Å². The minimum atomic E-state index is 0.386. The third-order valence-electron chi connectivity index (χ3n) is 2.34. The van der Waals surface area contributed by atoms with Gasteiger partial charge in [-0.3, -0.25) is 0 Å². The van der Waals surface area contributed by atoms with Crippen molar-refractivity contribution in [3.63, 3.8) is 0 Å². The van der Waals surface area contributed by atoms with E-state index in [0.29, 0.717) is 18.3 Å². The highest BCUT2D eigenvalue weighted by Crippen LogP contribution is 2.28. The number of rotatable bonds is 5. The number of nitrogens with zero attached hydrogens (tertiary/aromatic N) is 1. The number of pyridine rings is 1. The van der Waals surface area contributed by atoms with Crippen LogP contribution in [0.5, 0.6) is 11.6 Å². The van der Waals surface area contributed by atoms with Gasteiger partial charge < -0.3 is 15.2 Å². The molecule has 84 valence electrons. The normalized spacial score (nSPS) is 12.3. The SMILES string of the molecule is COc1ccnc(OC)c1CC(C)CN. The molecule has 15 heavy (non-hydrogen) atoms. The van der Waals surface area contributed by atoms with E-state index < -0.39 is 0 Å². The largest absolute Gasteiger partial charge is 0.496 e. The second-order valence-corrected chi connectivity index (χ2v) is 3.55. The molecule has 0 fully saturated rings. The molecule has 1 atom stereocenters. The lowest BCUT2D eigenvalue weighted by atomic mass is 10.0. The summed E-state index contributed by atoms with van der Waals surface area (Å²) < 4.78 is 10.5. The van der Waals surface area contributed by atoms with Gasteiger partial charge in [0.25, 0.3) is 0 Å². The average molecular weight is 210 g/mol. The van der Waals surface area contributed by atoms with E-state index in [-0.39, 0.29) is 0 Å². The topological polar surface area (TPSA) is 57.4 Å². The number of aromatic nitrogens is 1. The maximum absolute atomic E-state index is 5.60. The number of ether oxygens (including phenoxy) is 2. The molecule has 0 radical (unpaired) electrons. The van der Waals surface area contributed by atoms with Gasteiger partial charge in [-0.2, -0.15) is 0 Å². The lowest BCUT2D eigenvalue weighted by molar-refractivity contribution is 0.368. The molecule has 1 unspecified atom stereocenters. The molecule has 0 bridgehead atoms. The minimum absolute atomic E-state index is 0.386. The Morgan fingerprint density at radius 1 is 1.40 bits per heavy atom. The fraction of sp³-hybridized carbons (Fsp3) is 0.545. The van der Waals surface area contributed by atoms with Crippen LogP contribution in [0, 0.1) is 5.92 Å². The Hall–Kier alpha value is -1.29. The molecule has 2 N–H and O–H groups in total. The van der Waals surface area contributed by atoms with E-state index >= 15 is 0 Å². The first kappa shape index (κ1) is 11.8. The summed E-state index contributed by atoms with van der Waals surface area (Å²) in [6, 6.07) is 1.83. The van der Waals surface area contributed by atoms with E-state index in [1.807, 2.05) is 6.07 Å². The predicted molar refractivity (Wildman–Crippen MR) is 59.3 cm³/mol. The molecule has 4 nitrogen and oxygen atoms in total. The quantitative estimate of drug-likeness (QED) is 0.794. The second kappa shape index (κ2) is 5.56. The zero-order valence-corrected chi connectivity index (χ0v) is 9.49. The predicted octanol–water partition coefficient (Wildman–Crippen LogP) is 1.24. The Balaban J connectivity index is 2.99. The number of hydrogen-bond donors (Lipinski definition) is 1. The summed E-state index contributed by atoms with van der Waals surface area (Å²) in [5, 5.41) is 0. The lowest BCUT2D eigenvalue weighted by Gasteiger charge is -2.14. The van der Waals surface area contributed by atoms with Gasteiger partial charge >= 0.3 is 0 Å². The first-order chi connectivity index (χ1) is 7.22. The molecule has 0 aliphatic carbocycles. The highest BCUT2D eigenvalue weighted by Gasteiger charge is 2.13. The average Bonchev–Trinajstić information content (AvgIpc) is 2.29. The molecule has 1 aromatic heterocycles. The number of nitrogens with two attached hydrogens (primary N) is 1. The summed E-state index contributed by atoms with van der Waals surface area (Å²) in [6.45, 7) is 2.73. The maximum Gasteiger partial charge on any atom is 0.220 e. The Morgan fingerprint density at radius 2 is 2.13 bits per heavy atom. The standard InChI is InChI=1S/C11H18N2O2/c1-8(7-12)6-9-10(14-2)4-5-13-11(9)15-3/h4-5,8H,6-7,12H2,1-3H3.